The number of hydrogen-bond donors (Lipinski definition) is 1. The van der Waals surface area contributed by atoms with Gasteiger partial charge in [0.05, 0.1) is 5.57 Å². The molecule has 5 heteroatoms. The van der Waals surface area contributed by atoms with Crippen LogP contribution in [0.2, 0.25) is 0 Å². The third-order valence-electron chi connectivity index (χ3n) is 5.09. The molecular formula is C25H21FN2O2. The molecule has 1 aliphatic rings. The zero-order valence-corrected chi connectivity index (χ0v) is 16.6. The van der Waals surface area contributed by atoms with Crippen LogP contribution in [0.4, 0.5) is 10.1 Å². The van der Waals surface area contributed by atoms with Gasteiger partial charge in [-0.1, -0.05) is 60.2 Å². The van der Waals surface area contributed by atoms with Gasteiger partial charge in [0, 0.05) is 12.2 Å². The van der Waals surface area contributed by atoms with Crippen LogP contribution in [-0.2, 0) is 16.0 Å². The highest BCUT2D eigenvalue weighted by atomic mass is 19.1. The molecule has 0 fully saturated rings. The summed E-state index contributed by atoms with van der Waals surface area (Å²) in [7, 11) is 0. The van der Waals surface area contributed by atoms with Crippen molar-refractivity contribution in [2.24, 2.45) is 0 Å². The van der Waals surface area contributed by atoms with Crippen molar-refractivity contribution in [2.75, 3.05) is 11.9 Å². The Kier molecular flexibility index (Phi) is 5.44. The van der Waals surface area contributed by atoms with Gasteiger partial charge in [-0.3, -0.25) is 14.5 Å². The van der Waals surface area contributed by atoms with Gasteiger partial charge in [0.2, 0.25) is 0 Å². The quantitative estimate of drug-likeness (QED) is 0.617. The number of benzene rings is 3. The Morgan fingerprint density at radius 1 is 0.833 bits per heavy atom. The summed E-state index contributed by atoms with van der Waals surface area (Å²) in [6, 6.07) is 22.9. The number of imide groups is 1. The maximum atomic E-state index is 13.3. The molecule has 3 aromatic rings. The maximum Gasteiger partial charge on any atom is 0.278 e. The molecule has 0 bridgehead atoms. The lowest BCUT2D eigenvalue weighted by Crippen LogP contribution is -2.34. The zero-order valence-electron chi connectivity index (χ0n) is 16.6. The lowest BCUT2D eigenvalue weighted by atomic mass is 10.0. The van der Waals surface area contributed by atoms with Crippen LogP contribution in [0.25, 0.3) is 5.57 Å². The fourth-order valence-electron chi connectivity index (χ4n) is 3.45. The van der Waals surface area contributed by atoms with Crippen LogP contribution in [0.15, 0.2) is 84.6 Å². The second-order valence-corrected chi connectivity index (χ2v) is 7.25. The van der Waals surface area contributed by atoms with Crippen molar-refractivity contribution in [2.45, 2.75) is 13.3 Å². The standard InChI is InChI=1S/C25H21FN2O2/c1-17-7-9-19(10-8-17)22-23(27-21-13-11-20(26)12-14-21)25(30)28(24(22)29)16-15-18-5-3-2-4-6-18/h2-14,27H,15-16H2,1H3. The summed E-state index contributed by atoms with van der Waals surface area (Å²) in [6.45, 7) is 2.25. The lowest BCUT2D eigenvalue weighted by Gasteiger charge is -2.15. The number of aryl methyl sites for hydroxylation is 1. The van der Waals surface area contributed by atoms with E-state index >= 15 is 0 Å². The molecule has 4 nitrogen and oxygen atoms in total. The fourth-order valence-corrected chi connectivity index (χ4v) is 3.45. The fraction of sp³-hybridized carbons (Fsp3) is 0.120. The number of carbonyl (C=O) groups is 2. The largest absolute Gasteiger partial charge is 0.350 e. The Morgan fingerprint density at radius 3 is 2.17 bits per heavy atom. The third-order valence-corrected chi connectivity index (χ3v) is 5.09. The molecule has 4 rings (SSSR count). The first-order chi connectivity index (χ1) is 14.5. The normalized spacial score (nSPS) is 13.9. The number of halogens is 1. The summed E-state index contributed by atoms with van der Waals surface area (Å²) < 4.78 is 13.3. The van der Waals surface area contributed by atoms with Crippen molar-refractivity contribution in [1.29, 1.82) is 0 Å². The summed E-state index contributed by atoms with van der Waals surface area (Å²) in [4.78, 5) is 27.7. The van der Waals surface area contributed by atoms with Gasteiger partial charge in [-0.2, -0.15) is 0 Å². The van der Waals surface area contributed by atoms with E-state index in [1.807, 2.05) is 61.5 Å². The van der Waals surface area contributed by atoms with Crippen molar-refractivity contribution in [1.82, 2.24) is 4.90 Å². The Bertz CT molecular complexity index is 1100. The molecule has 0 saturated heterocycles. The Hall–Kier alpha value is -3.73. The van der Waals surface area contributed by atoms with E-state index in [0.717, 1.165) is 11.1 Å². The molecule has 0 saturated carbocycles. The van der Waals surface area contributed by atoms with Gasteiger partial charge >= 0.3 is 0 Å². The minimum absolute atomic E-state index is 0.212. The summed E-state index contributed by atoms with van der Waals surface area (Å²) >= 11 is 0. The third kappa shape index (κ3) is 4.01. The van der Waals surface area contributed by atoms with E-state index in [4.69, 9.17) is 0 Å². The van der Waals surface area contributed by atoms with Crippen LogP contribution in [0, 0.1) is 12.7 Å². The number of carbonyl (C=O) groups excluding carboxylic acids is 2. The molecule has 1 aliphatic heterocycles. The number of anilines is 1. The predicted octanol–water partition coefficient (Wildman–Crippen LogP) is 4.57. The summed E-state index contributed by atoms with van der Waals surface area (Å²) in [5.74, 6) is -1.08. The first-order valence-electron chi connectivity index (χ1n) is 9.77. The Labute approximate surface area is 174 Å². The lowest BCUT2D eigenvalue weighted by molar-refractivity contribution is -0.136. The van der Waals surface area contributed by atoms with E-state index in [2.05, 4.69) is 5.32 Å². The average Bonchev–Trinajstić information content (AvgIpc) is 2.99. The monoisotopic (exact) mass is 400 g/mol. The first kappa shape index (κ1) is 19.6. The van der Waals surface area contributed by atoms with Gasteiger partial charge in [0.25, 0.3) is 11.8 Å². The van der Waals surface area contributed by atoms with E-state index in [1.165, 1.54) is 17.0 Å². The number of amides is 2. The highest BCUT2D eigenvalue weighted by molar-refractivity contribution is 6.36. The molecule has 1 N–H and O–H groups in total. The van der Waals surface area contributed by atoms with Crippen LogP contribution >= 0.6 is 0 Å². The van der Waals surface area contributed by atoms with Gasteiger partial charge in [-0.25, -0.2) is 4.39 Å². The molecule has 0 aromatic heterocycles. The van der Waals surface area contributed by atoms with E-state index in [0.29, 0.717) is 23.2 Å². The minimum Gasteiger partial charge on any atom is -0.350 e. The minimum atomic E-state index is -0.379. The predicted molar refractivity (Wildman–Crippen MR) is 115 cm³/mol. The van der Waals surface area contributed by atoms with Crippen molar-refractivity contribution >= 4 is 23.1 Å². The van der Waals surface area contributed by atoms with Crippen LogP contribution in [0.5, 0.6) is 0 Å². The van der Waals surface area contributed by atoms with Crippen LogP contribution in [0.3, 0.4) is 0 Å². The van der Waals surface area contributed by atoms with Crippen molar-refractivity contribution in [3.05, 3.63) is 107 Å². The maximum absolute atomic E-state index is 13.3. The van der Waals surface area contributed by atoms with E-state index in [9.17, 15) is 14.0 Å². The molecule has 0 aliphatic carbocycles. The van der Waals surface area contributed by atoms with Gasteiger partial charge in [-0.15, -0.1) is 0 Å². The van der Waals surface area contributed by atoms with Gasteiger partial charge < -0.3 is 5.32 Å². The van der Waals surface area contributed by atoms with Gasteiger partial charge in [-0.05, 0) is 48.7 Å². The number of hydrogen-bond acceptors (Lipinski definition) is 3. The molecule has 3 aromatic carbocycles. The number of rotatable bonds is 6. The molecule has 2 amide bonds. The molecular weight excluding hydrogens is 379 g/mol. The van der Waals surface area contributed by atoms with Gasteiger partial charge in [0.15, 0.2) is 0 Å². The second-order valence-electron chi connectivity index (χ2n) is 7.25. The summed E-state index contributed by atoms with van der Waals surface area (Å²) in [5.41, 5.74) is 3.87. The average molecular weight is 400 g/mol. The number of nitrogens with zero attached hydrogens (tertiary/aromatic N) is 1. The Balaban J connectivity index is 1.66. The van der Waals surface area contributed by atoms with Crippen LogP contribution in [-0.4, -0.2) is 23.3 Å². The Morgan fingerprint density at radius 2 is 1.50 bits per heavy atom. The zero-order chi connectivity index (χ0) is 21.1. The topological polar surface area (TPSA) is 49.4 Å². The molecule has 0 unspecified atom stereocenters. The van der Waals surface area contributed by atoms with Crippen LogP contribution < -0.4 is 5.32 Å². The molecule has 0 atom stereocenters. The number of nitrogens with one attached hydrogen (secondary N) is 1. The smallest absolute Gasteiger partial charge is 0.278 e. The molecule has 0 radical (unpaired) electrons. The van der Waals surface area contributed by atoms with Gasteiger partial charge in [0.1, 0.15) is 11.5 Å². The molecule has 30 heavy (non-hydrogen) atoms. The van der Waals surface area contributed by atoms with E-state index < -0.39 is 0 Å². The van der Waals surface area contributed by atoms with E-state index in [1.54, 1.807) is 12.1 Å². The second kappa shape index (κ2) is 8.33. The van der Waals surface area contributed by atoms with Crippen LogP contribution in [0.1, 0.15) is 16.7 Å². The first-order valence-corrected chi connectivity index (χ1v) is 9.77. The SMILES string of the molecule is Cc1ccc(C2=C(Nc3ccc(F)cc3)C(=O)N(CCc3ccccc3)C2=O)cc1. The highest BCUT2D eigenvalue weighted by Crippen LogP contribution is 2.31. The van der Waals surface area contributed by atoms with E-state index in [-0.39, 0.29) is 29.9 Å². The summed E-state index contributed by atoms with van der Waals surface area (Å²) in [5, 5.41) is 3.04. The van der Waals surface area contributed by atoms with Crippen molar-refractivity contribution < 1.29 is 14.0 Å². The van der Waals surface area contributed by atoms with Crippen molar-refractivity contribution in [3.8, 4) is 0 Å². The molecule has 150 valence electrons. The summed E-state index contributed by atoms with van der Waals surface area (Å²) in [6.07, 6.45) is 0.573. The molecule has 1 heterocycles. The van der Waals surface area contributed by atoms with Crippen molar-refractivity contribution in [3.63, 3.8) is 0 Å². The molecule has 0 spiro atoms. The highest BCUT2D eigenvalue weighted by Gasteiger charge is 2.38.